The molecule has 3 rings (SSSR count). The molecule has 5 nitrogen and oxygen atoms in total. The van der Waals surface area contributed by atoms with E-state index in [0.29, 0.717) is 12.3 Å². The number of likely N-dealkylation sites (N-methyl/N-ethyl adjacent to an activating group) is 1. The van der Waals surface area contributed by atoms with Crippen molar-refractivity contribution >= 4 is 5.91 Å². The van der Waals surface area contributed by atoms with Gasteiger partial charge in [-0.25, -0.2) is 0 Å². The summed E-state index contributed by atoms with van der Waals surface area (Å²) in [5.41, 5.74) is 1.24. The molecule has 0 saturated carbocycles. The number of carbonyl (C=O) groups excluding carboxylic acids is 1. The molecule has 1 aliphatic heterocycles. The third kappa shape index (κ3) is 5.31. The predicted molar refractivity (Wildman–Crippen MR) is 103 cm³/mol. The van der Waals surface area contributed by atoms with E-state index in [1.165, 1.54) is 5.56 Å². The molecule has 0 bridgehead atoms. The molecule has 1 amide bonds. The van der Waals surface area contributed by atoms with Crippen LogP contribution >= 0.6 is 0 Å². The summed E-state index contributed by atoms with van der Waals surface area (Å²) >= 11 is 0. The van der Waals surface area contributed by atoms with Crippen molar-refractivity contribution in [3.8, 4) is 5.75 Å². The molecule has 1 unspecified atom stereocenters. The van der Waals surface area contributed by atoms with Crippen LogP contribution in [-0.4, -0.2) is 62.1 Å². The molecular weight excluding hydrogens is 326 g/mol. The Morgan fingerprint density at radius 2 is 1.62 bits per heavy atom. The van der Waals surface area contributed by atoms with Gasteiger partial charge in [0.25, 0.3) is 5.91 Å². The van der Waals surface area contributed by atoms with Gasteiger partial charge in [-0.3, -0.25) is 9.69 Å². The number of nitrogens with zero attached hydrogens (tertiary/aromatic N) is 2. The molecule has 1 N–H and O–H groups in total. The Hall–Kier alpha value is -2.37. The van der Waals surface area contributed by atoms with Gasteiger partial charge in [-0.05, 0) is 24.7 Å². The second-order valence-electron chi connectivity index (χ2n) is 6.67. The zero-order valence-electron chi connectivity index (χ0n) is 15.3. The van der Waals surface area contributed by atoms with Crippen LogP contribution in [0.4, 0.5) is 0 Å². The highest BCUT2D eigenvalue weighted by atomic mass is 16.5. The van der Waals surface area contributed by atoms with Crippen LogP contribution in [-0.2, 0) is 4.79 Å². The lowest BCUT2D eigenvalue weighted by Gasteiger charge is -2.38. The molecule has 1 aliphatic rings. The van der Waals surface area contributed by atoms with Gasteiger partial charge in [0.05, 0.1) is 6.04 Å². The molecule has 0 spiro atoms. The number of piperazine rings is 1. The second-order valence-corrected chi connectivity index (χ2v) is 6.67. The van der Waals surface area contributed by atoms with Crippen molar-refractivity contribution in [3.05, 3.63) is 66.2 Å². The number of benzene rings is 2. The average Bonchev–Trinajstić information content (AvgIpc) is 2.69. The Labute approximate surface area is 155 Å². The number of hydrogen-bond acceptors (Lipinski definition) is 4. The first-order valence-corrected chi connectivity index (χ1v) is 9.14. The van der Waals surface area contributed by atoms with Crippen LogP contribution < -0.4 is 10.1 Å². The zero-order chi connectivity index (χ0) is 18.2. The lowest BCUT2D eigenvalue weighted by molar-refractivity contribution is -0.123. The van der Waals surface area contributed by atoms with E-state index < -0.39 is 0 Å². The van der Waals surface area contributed by atoms with E-state index in [0.717, 1.165) is 26.2 Å². The molecule has 1 heterocycles. The van der Waals surface area contributed by atoms with E-state index in [-0.39, 0.29) is 18.6 Å². The number of nitrogens with one attached hydrogen (secondary N) is 1. The number of hydrogen-bond donors (Lipinski definition) is 1. The highest BCUT2D eigenvalue weighted by Gasteiger charge is 2.24. The lowest BCUT2D eigenvalue weighted by atomic mass is 10.0. The maximum Gasteiger partial charge on any atom is 0.258 e. The Bertz CT molecular complexity index is 670. The first kappa shape index (κ1) is 18.4. The summed E-state index contributed by atoms with van der Waals surface area (Å²) in [6.07, 6.45) is 0. The van der Waals surface area contributed by atoms with Crippen molar-refractivity contribution in [1.29, 1.82) is 0 Å². The quantitative estimate of drug-likeness (QED) is 0.829. The summed E-state index contributed by atoms with van der Waals surface area (Å²) in [7, 11) is 2.15. The first-order chi connectivity index (χ1) is 12.7. The van der Waals surface area contributed by atoms with Crippen LogP contribution in [0.15, 0.2) is 60.7 Å². The maximum absolute atomic E-state index is 12.2. The molecule has 138 valence electrons. The van der Waals surface area contributed by atoms with Gasteiger partial charge in [-0.15, -0.1) is 0 Å². The highest BCUT2D eigenvalue weighted by molar-refractivity contribution is 5.77. The Balaban J connectivity index is 1.56. The molecule has 0 radical (unpaired) electrons. The minimum absolute atomic E-state index is 0.0360. The smallest absolute Gasteiger partial charge is 0.258 e. The Morgan fingerprint density at radius 1 is 1.00 bits per heavy atom. The van der Waals surface area contributed by atoms with Crippen LogP contribution in [0.1, 0.15) is 11.6 Å². The average molecular weight is 353 g/mol. The van der Waals surface area contributed by atoms with Gasteiger partial charge in [-0.1, -0.05) is 48.5 Å². The zero-order valence-corrected chi connectivity index (χ0v) is 15.3. The molecule has 1 saturated heterocycles. The fraction of sp³-hybridized carbons (Fsp3) is 0.381. The van der Waals surface area contributed by atoms with E-state index in [1.807, 2.05) is 36.4 Å². The fourth-order valence-corrected chi connectivity index (χ4v) is 3.19. The number of para-hydroxylation sites is 1. The first-order valence-electron chi connectivity index (χ1n) is 9.14. The van der Waals surface area contributed by atoms with Gasteiger partial charge >= 0.3 is 0 Å². The number of ether oxygens (including phenoxy) is 1. The van der Waals surface area contributed by atoms with Crippen LogP contribution in [0, 0.1) is 0 Å². The van der Waals surface area contributed by atoms with E-state index in [2.05, 4.69) is 46.4 Å². The maximum atomic E-state index is 12.2. The molecule has 2 aromatic carbocycles. The van der Waals surface area contributed by atoms with Crippen LogP contribution in [0.5, 0.6) is 5.75 Å². The van der Waals surface area contributed by atoms with E-state index in [4.69, 9.17) is 4.74 Å². The molecule has 26 heavy (non-hydrogen) atoms. The second kappa shape index (κ2) is 9.36. The molecule has 1 atom stereocenters. The third-order valence-electron chi connectivity index (χ3n) is 4.77. The summed E-state index contributed by atoms with van der Waals surface area (Å²) < 4.78 is 5.53. The number of amides is 1. The standard InChI is InChI=1S/C21H27N3O2/c1-23-12-14-24(15-13-23)20(18-8-4-2-5-9-18)16-22-21(25)17-26-19-10-6-3-7-11-19/h2-11,20H,12-17H2,1H3,(H,22,25). The normalized spacial score (nSPS) is 16.8. The Kier molecular flexibility index (Phi) is 6.63. The lowest BCUT2D eigenvalue weighted by Crippen LogP contribution is -2.48. The van der Waals surface area contributed by atoms with Crippen LogP contribution in [0.25, 0.3) is 0 Å². The van der Waals surface area contributed by atoms with E-state index in [1.54, 1.807) is 0 Å². The topological polar surface area (TPSA) is 44.8 Å². The summed E-state index contributed by atoms with van der Waals surface area (Å²) in [6.45, 7) is 4.74. The van der Waals surface area contributed by atoms with Crippen molar-refractivity contribution in [2.45, 2.75) is 6.04 Å². The SMILES string of the molecule is CN1CCN(C(CNC(=O)COc2ccccc2)c2ccccc2)CC1. The van der Waals surface area contributed by atoms with Gasteiger partial charge in [0, 0.05) is 32.7 Å². The fourth-order valence-electron chi connectivity index (χ4n) is 3.19. The highest BCUT2D eigenvalue weighted by Crippen LogP contribution is 2.21. The van der Waals surface area contributed by atoms with Crippen molar-refractivity contribution in [3.63, 3.8) is 0 Å². The van der Waals surface area contributed by atoms with Gasteiger partial charge in [0.2, 0.25) is 0 Å². The minimum atomic E-state index is -0.0936. The monoisotopic (exact) mass is 353 g/mol. The van der Waals surface area contributed by atoms with Gasteiger partial charge in [0.1, 0.15) is 5.75 Å². The molecule has 2 aromatic rings. The summed E-state index contributed by atoms with van der Waals surface area (Å²) in [5, 5.41) is 3.04. The van der Waals surface area contributed by atoms with Gasteiger partial charge in [-0.2, -0.15) is 0 Å². The summed E-state index contributed by atoms with van der Waals surface area (Å²) in [4.78, 5) is 17.0. The molecule has 5 heteroatoms. The number of carbonyl (C=O) groups is 1. The minimum Gasteiger partial charge on any atom is -0.484 e. The predicted octanol–water partition coefficient (Wildman–Crippen LogP) is 2.17. The van der Waals surface area contributed by atoms with Crippen LogP contribution in [0.3, 0.4) is 0 Å². The van der Waals surface area contributed by atoms with Gasteiger partial charge < -0.3 is 15.0 Å². The molecule has 0 aromatic heterocycles. The van der Waals surface area contributed by atoms with Crippen LogP contribution in [0.2, 0.25) is 0 Å². The summed E-state index contributed by atoms with van der Waals surface area (Å²) in [5.74, 6) is 0.616. The van der Waals surface area contributed by atoms with E-state index >= 15 is 0 Å². The van der Waals surface area contributed by atoms with Crippen molar-refractivity contribution in [1.82, 2.24) is 15.1 Å². The van der Waals surface area contributed by atoms with Crippen molar-refractivity contribution in [2.75, 3.05) is 46.4 Å². The van der Waals surface area contributed by atoms with Crippen molar-refractivity contribution < 1.29 is 9.53 Å². The third-order valence-corrected chi connectivity index (χ3v) is 4.77. The largest absolute Gasteiger partial charge is 0.484 e. The molecule has 1 fully saturated rings. The van der Waals surface area contributed by atoms with E-state index in [9.17, 15) is 4.79 Å². The number of rotatable bonds is 7. The van der Waals surface area contributed by atoms with Crippen molar-refractivity contribution in [2.24, 2.45) is 0 Å². The molecule has 0 aliphatic carbocycles. The molecular formula is C21H27N3O2. The Morgan fingerprint density at radius 3 is 2.27 bits per heavy atom. The summed E-state index contributed by atoms with van der Waals surface area (Å²) in [6, 6.07) is 20.0. The van der Waals surface area contributed by atoms with Gasteiger partial charge in [0.15, 0.2) is 6.61 Å².